The molecule has 0 spiro atoms. The zero-order valence-corrected chi connectivity index (χ0v) is 16.0. The molecule has 2 rings (SSSR count). The number of aromatic nitrogens is 1. The Kier molecular flexibility index (Phi) is 6.65. The molecular formula is C18H21N3O5S. The number of hydrogen-bond donors (Lipinski definition) is 2. The zero-order valence-electron chi connectivity index (χ0n) is 15.2. The van der Waals surface area contributed by atoms with E-state index in [9.17, 15) is 18.0 Å². The van der Waals surface area contributed by atoms with Crippen molar-refractivity contribution < 1.29 is 22.7 Å². The highest BCUT2D eigenvalue weighted by Crippen LogP contribution is 2.15. The molecule has 0 aliphatic carbocycles. The molecule has 1 aromatic heterocycles. The third kappa shape index (κ3) is 5.87. The molecule has 1 amide bonds. The van der Waals surface area contributed by atoms with Crippen molar-refractivity contribution in [3.8, 4) is 0 Å². The molecule has 144 valence electrons. The number of hydrogen-bond acceptors (Lipinski definition) is 6. The fourth-order valence-electron chi connectivity index (χ4n) is 2.11. The van der Waals surface area contributed by atoms with Crippen LogP contribution in [0.1, 0.15) is 31.1 Å². The lowest BCUT2D eigenvalue weighted by Gasteiger charge is -2.14. The van der Waals surface area contributed by atoms with Crippen LogP contribution in [0.25, 0.3) is 0 Å². The summed E-state index contributed by atoms with van der Waals surface area (Å²) in [5.41, 5.74) is 0.622. The van der Waals surface area contributed by atoms with Crippen LogP contribution >= 0.6 is 0 Å². The van der Waals surface area contributed by atoms with Crippen LogP contribution in [0.5, 0.6) is 0 Å². The molecule has 1 aromatic carbocycles. The van der Waals surface area contributed by atoms with Crippen LogP contribution in [0.3, 0.4) is 0 Å². The Bertz CT molecular complexity index is 896. The number of sulfonamides is 1. The van der Waals surface area contributed by atoms with E-state index in [4.69, 9.17) is 4.74 Å². The van der Waals surface area contributed by atoms with Crippen LogP contribution < -0.4 is 10.0 Å². The van der Waals surface area contributed by atoms with Crippen molar-refractivity contribution in [2.24, 2.45) is 0 Å². The van der Waals surface area contributed by atoms with Crippen LogP contribution in [0, 0.1) is 0 Å². The van der Waals surface area contributed by atoms with E-state index >= 15 is 0 Å². The first-order chi connectivity index (χ1) is 12.7. The number of rotatable bonds is 7. The quantitative estimate of drug-likeness (QED) is 0.697. The molecule has 0 bridgehead atoms. The summed E-state index contributed by atoms with van der Waals surface area (Å²) in [5, 5.41) is 2.57. The van der Waals surface area contributed by atoms with Crippen LogP contribution in [-0.4, -0.2) is 37.4 Å². The van der Waals surface area contributed by atoms with Gasteiger partial charge in [0.15, 0.2) is 6.10 Å². The minimum atomic E-state index is -3.61. The fraction of sp³-hybridized carbons (Fsp3) is 0.278. The van der Waals surface area contributed by atoms with Crippen molar-refractivity contribution in [3.05, 3.63) is 54.4 Å². The second-order valence-electron chi connectivity index (χ2n) is 6.08. The highest BCUT2D eigenvalue weighted by Gasteiger charge is 2.20. The van der Waals surface area contributed by atoms with Gasteiger partial charge in [0.1, 0.15) is 0 Å². The van der Waals surface area contributed by atoms with E-state index in [1.165, 1.54) is 49.6 Å². The van der Waals surface area contributed by atoms with E-state index in [1.807, 2.05) is 0 Å². The first-order valence-electron chi connectivity index (χ1n) is 8.23. The van der Waals surface area contributed by atoms with E-state index in [0.717, 1.165) is 0 Å². The van der Waals surface area contributed by atoms with Crippen LogP contribution in [0.2, 0.25) is 0 Å². The summed E-state index contributed by atoms with van der Waals surface area (Å²) in [6.45, 7) is 4.88. The first-order valence-corrected chi connectivity index (χ1v) is 9.71. The van der Waals surface area contributed by atoms with Gasteiger partial charge in [-0.25, -0.2) is 17.9 Å². The molecule has 2 N–H and O–H groups in total. The minimum Gasteiger partial charge on any atom is -0.449 e. The number of anilines is 1. The molecule has 8 nitrogen and oxygen atoms in total. The van der Waals surface area contributed by atoms with Crippen molar-refractivity contribution in [2.45, 2.75) is 37.8 Å². The third-order valence-corrected chi connectivity index (χ3v) is 5.05. The predicted molar refractivity (Wildman–Crippen MR) is 99.6 cm³/mol. The van der Waals surface area contributed by atoms with Crippen molar-refractivity contribution in [1.29, 1.82) is 0 Å². The molecule has 27 heavy (non-hydrogen) atoms. The Hall–Kier alpha value is -2.78. The molecule has 1 atom stereocenters. The van der Waals surface area contributed by atoms with E-state index < -0.39 is 28.0 Å². The van der Waals surface area contributed by atoms with Gasteiger partial charge in [-0.3, -0.25) is 9.78 Å². The number of ether oxygens (including phenoxy) is 1. The lowest BCUT2D eigenvalue weighted by molar-refractivity contribution is -0.123. The number of esters is 1. The molecule has 0 saturated carbocycles. The van der Waals surface area contributed by atoms with Crippen molar-refractivity contribution in [3.63, 3.8) is 0 Å². The molecule has 0 aliphatic rings. The lowest BCUT2D eigenvalue weighted by atomic mass is 10.2. The van der Waals surface area contributed by atoms with Gasteiger partial charge in [-0.05, 0) is 57.2 Å². The Morgan fingerprint density at radius 2 is 1.74 bits per heavy atom. The van der Waals surface area contributed by atoms with E-state index in [2.05, 4.69) is 15.0 Å². The second kappa shape index (κ2) is 8.74. The summed E-state index contributed by atoms with van der Waals surface area (Å²) >= 11 is 0. The van der Waals surface area contributed by atoms with Gasteiger partial charge in [-0.2, -0.15) is 0 Å². The Balaban J connectivity index is 1.98. The average Bonchev–Trinajstić information content (AvgIpc) is 2.61. The minimum absolute atomic E-state index is 0.0882. The molecule has 0 radical (unpaired) electrons. The Morgan fingerprint density at radius 1 is 1.07 bits per heavy atom. The fourth-order valence-corrected chi connectivity index (χ4v) is 3.36. The number of nitrogens with zero attached hydrogens (tertiary/aromatic N) is 1. The maximum atomic E-state index is 12.2. The number of carbonyl (C=O) groups excluding carboxylic acids is 2. The molecule has 9 heteroatoms. The predicted octanol–water partition coefficient (Wildman–Crippen LogP) is 1.95. The van der Waals surface area contributed by atoms with Gasteiger partial charge in [-0.15, -0.1) is 0 Å². The molecule has 2 aromatic rings. The van der Waals surface area contributed by atoms with E-state index in [0.29, 0.717) is 5.69 Å². The molecule has 0 unspecified atom stereocenters. The van der Waals surface area contributed by atoms with Gasteiger partial charge in [0.25, 0.3) is 5.91 Å². The highest BCUT2D eigenvalue weighted by atomic mass is 32.2. The molecule has 0 saturated heterocycles. The summed E-state index contributed by atoms with van der Waals surface area (Å²) < 4.78 is 31.7. The largest absolute Gasteiger partial charge is 0.449 e. The second-order valence-corrected chi connectivity index (χ2v) is 7.79. The number of carbonyl (C=O) groups is 2. The standard InChI is InChI=1S/C18H21N3O5S/c1-12(2)21-27(24,25)16-8-6-15(7-9-16)20-17(22)13(3)26-18(23)14-5-4-10-19-11-14/h4-13,21H,1-3H3,(H,20,22)/t13-/m1/s1. The molecule has 1 heterocycles. The average molecular weight is 391 g/mol. The van der Waals surface area contributed by atoms with Crippen LogP contribution in [0.15, 0.2) is 53.7 Å². The summed E-state index contributed by atoms with van der Waals surface area (Å²) in [7, 11) is -3.61. The van der Waals surface area contributed by atoms with Gasteiger partial charge < -0.3 is 10.1 Å². The van der Waals surface area contributed by atoms with Crippen molar-refractivity contribution >= 4 is 27.6 Å². The summed E-state index contributed by atoms with van der Waals surface area (Å²) in [5.74, 6) is -1.20. The summed E-state index contributed by atoms with van der Waals surface area (Å²) in [4.78, 5) is 28.0. The number of pyridine rings is 1. The molecular weight excluding hydrogens is 370 g/mol. The Labute approximate surface area is 158 Å². The number of benzene rings is 1. The van der Waals surface area contributed by atoms with Gasteiger partial charge in [0.05, 0.1) is 10.5 Å². The summed E-state index contributed by atoms with van der Waals surface area (Å²) in [6, 6.07) is 8.57. The smallest absolute Gasteiger partial charge is 0.340 e. The topological polar surface area (TPSA) is 114 Å². The highest BCUT2D eigenvalue weighted by molar-refractivity contribution is 7.89. The van der Waals surface area contributed by atoms with Crippen LogP contribution in [-0.2, 0) is 19.6 Å². The first kappa shape index (κ1) is 20.5. The normalized spacial score (nSPS) is 12.4. The van der Waals surface area contributed by atoms with Gasteiger partial charge in [0.2, 0.25) is 10.0 Å². The third-order valence-electron chi connectivity index (χ3n) is 3.37. The number of nitrogens with one attached hydrogen (secondary N) is 2. The van der Waals surface area contributed by atoms with E-state index in [-0.39, 0.29) is 16.5 Å². The summed E-state index contributed by atoms with van der Waals surface area (Å²) in [6.07, 6.45) is 1.83. The maximum Gasteiger partial charge on any atom is 0.340 e. The maximum absolute atomic E-state index is 12.2. The monoisotopic (exact) mass is 391 g/mol. The van der Waals surface area contributed by atoms with Crippen molar-refractivity contribution in [2.75, 3.05) is 5.32 Å². The zero-order chi connectivity index (χ0) is 20.0. The van der Waals surface area contributed by atoms with Gasteiger partial charge >= 0.3 is 5.97 Å². The van der Waals surface area contributed by atoms with Gasteiger partial charge in [-0.1, -0.05) is 0 Å². The Morgan fingerprint density at radius 3 is 2.30 bits per heavy atom. The van der Waals surface area contributed by atoms with E-state index in [1.54, 1.807) is 19.9 Å². The number of amides is 1. The molecule has 0 fully saturated rings. The SMILES string of the molecule is CC(C)NS(=O)(=O)c1ccc(NC(=O)[C@@H](C)OC(=O)c2cccnc2)cc1. The molecule has 0 aliphatic heterocycles. The van der Waals surface area contributed by atoms with Gasteiger partial charge in [0, 0.05) is 24.1 Å². The lowest BCUT2D eigenvalue weighted by Crippen LogP contribution is -2.30. The van der Waals surface area contributed by atoms with Crippen molar-refractivity contribution in [1.82, 2.24) is 9.71 Å². The van der Waals surface area contributed by atoms with Crippen LogP contribution in [0.4, 0.5) is 5.69 Å².